The Morgan fingerprint density at radius 3 is 2.52 bits per heavy atom. The van der Waals surface area contributed by atoms with Crippen molar-refractivity contribution in [2.75, 3.05) is 5.32 Å². The van der Waals surface area contributed by atoms with Crippen LogP contribution in [-0.2, 0) is 0 Å². The third-order valence-corrected chi connectivity index (χ3v) is 3.72. The third-order valence-electron chi connectivity index (χ3n) is 3.72. The van der Waals surface area contributed by atoms with Crippen molar-refractivity contribution in [1.29, 1.82) is 0 Å². The summed E-state index contributed by atoms with van der Waals surface area (Å²) < 4.78 is 0. The molecule has 1 aliphatic rings. The van der Waals surface area contributed by atoms with Crippen LogP contribution < -0.4 is 11.1 Å². The Balaban J connectivity index is 1.75. The monoisotopic (exact) mass is 276 g/mol. The van der Waals surface area contributed by atoms with Gasteiger partial charge in [0.15, 0.2) is 0 Å². The zero-order valence-electron chi connectivity index (χ0n) is 12.2. The fourth-order valence-corrected chi connectivity index (χ4v) is 2.58. The van der Waals surface area contributed by atoms with Gasteiger partial charge in [0.2, 0.25) is 0 Å². The first kappa shape index (κ1) is 13.7. The van der Waals surface area contributed by atoms with Gasteiger partial charge in [-0.1, -0.05) is 54.6 Å². The summed E-state index contributed by atoms with van der Waals surface area (Å²) in [5.41, 5.74) is 10.7. The van der Waals surface area contributed by atoms with Crippen LogP contribution in [0.1, 0.15) is 17.5 Å². The van der Waals surface area contributed by atoms with Crippen molar-refractivity contribution in [1.82, 2.24) is 0 Å². The summed E-state index contributed by atoms with van der Waals surface area (Å²) in [5, 5.41) is 3.42. The Hall–Kier alpha value is -2.32. The molecule has 1 unspecified atom stereocenters. The third kappa shape index (κ3) is 3.23. The predicted molar refractivity (Wildman–Crippen MR) is 89.9 cm³/mol. The van der Waals surface area contributed by atoms with Crippen LogP contribution in [0.3, 0.4) is 0 Å². The van der Waals surface area contributed by atoms with Crippen molar-refractivity contribution in [2.45, 2.75) is 19.0 Å². The molecule has 2 nitrogen and oxygen atoms in total. The number of allylic oxidation sites excluding steroid dienone is 2. The van der Waals surface area contributed by atoms with Crippen LogP contribution in [0, 0.1) is 6.92 Å². The number of hydrogen-bond donors (Lipinski definition) is 2. The lowest BCUT2D eigenvalue weighted by molar-refractivity contribution is 0.608. The topological polar surface area (TPSA) is 38.0 Å². The van der Waals surface area contributed by atoms with Crippen molar-refractivity contribution in [3.05, 3.63) is 84.0 Å². The molecule has 0 bridgehead atoms. The van der Waals surface area contributed by atoms with Crippen molar-refractivity contribution < 1.29 is 0 Å². The lowest BCUT2D eigenvalue weighted by Gasteiger charge is -2.30. The highest BCUT2D eigenvalue weighted by molar-refractivity contribution is 5.75. The first-order valence-electron chi connectivity index (χ1n) is 7.23. The number of nitrogens with two attached hydrogens (primary N) is 1. The molecular formula is C19H20N2. The van der Waals surface area contributed by atoms with E-state index in [-0.39, 0.29) is 0 Å². The molecule has 21 heavy (non-hydrogen) atoms. The number of aryl methyl sites for hydroxylation is 1. The summed E-state index contributed by atoms with van der Waals surface area (Å²) in [6.07, 6.45) is 7.11. The van der Waals surface area contributed by atoms with Crippen LogP contribution in [0.25, 0.3) is 5.57 Å². The molecule has 0 amide bonds. The van der Waals surface area contributed by atoms with Crippen molar-refractivity contribution in [3.8, 4) is 0 Å². The highest BCUT2D eigenvalue weighted by atomic mass is 15.1. The number of benzene rings is 2. The zero-order valence-corrected chi connectivity index (χ0v) is 12.2. The van der Waals surface area contributed by atoms with Crippen molar-refractivity contribution in [3.63, 3.8) is 0 Å². The quantitative estimate of drug-likeness (QED) is 0.828. The molecule has 0 aromatic heterocycles. The van der Waals surface area contributed by atoms with Crippen LogP contribution in [0.4, 0.5) is 5.69 Å². The van der Waals surface area contributed by atoms with E-state index in [2.05, 4.69) is 66.9 Å². The van der Waals surface area contributed by atoms with Crippen LogP contribution in [0.5, 0.6) is 0 Å². The molecule has 2 heteroatoms. The molecule has 0 spiro atoms. The normalized spacial score (nSPS) is 21.0. The standard InChI is InChI=1S/C19H20N2/c1-15-6-5-9-18(14-15)21-19(20)12-10-17(11-13-19)16-7-3-2-4-8-16/h2-12,14,21H,13,20H2,1H3. The predicted octanol–water partition coefficient (Wildman–Crippen LogP) is 4.11. The van der Waals surface area contributed by atoms with Crippen molar-refractivity contribution in [2.24, 2.45) is 5.73 Å². The molecule has 0 radical (unpaired) electrons. The molecule has 0 aliphatic heterocycles. The Kier molecular flexibility index (Phi) is 3.63. The maximum Gasteiger partial charge on any atom is 0.109 e. The molecule has 3 rings (SSSR count). The first-order valence-corrected chi connectivity index (χ1v) is 7.23. The lowest BCUT2D eigenvalue weighted by Crippen LogP contribution is -2.46. The van der Waals surface area contributed by atoms with Crippen LogP contribution >= 0.6 is 0 Å². The van der Waals surface area contributed by atoms with Gasteiger partial charge in [0.05, 0.1) is 0 Å². The van der Waals surface area contributed by atoms with Crippen LogP contribution in [0.2, 0.25) is 0 Å². The number of hydrogen-bond acceptors (Lipinski definition) is 2. The van der Waals surface area contributed by atoms with Gasteiger partial charge in [0.1, 0.15) is 5.66 Å². The van der Waals surface area contributed by atoms with E-state index in [4.69, 9.17) is 5.73 Å². The Bertz CT molecular complexity index is 686. The SMILES string of the molecule is Cc1cccc(NC2(N)C=CC(c3ccccc3)=CC2)c1. The lowest BCUT2D eigenvalue weighted by atomic mass is 9.93. The average molecular weight is 276 g/mol. The molecule has 1 aliphatic carbocycles. The van der Waals surface area contributed by atoms with Gasteiger partial charge in [0.25, 0.3) is 0 Å². The molecular weight excluding hydrogens is 256 g/mol. The average Bonchev–Trinajstić information content (AvgIpc) is 2.48. The molecule has 106 valence electrons. The number of rotatable bonds is 3. The van der Waals surface area contributed by atoms with E-state index in [9.17, 15) is 0 Å². The summed E-state index contributed by atoms with van der Waals surface area (Å²) >= 11 is 0. The Morgan fingerprint density at radius 1 is 1.05 bits per heavy atom. The van der Waals surface area contributed by atoms with E-state index in [1.165, 1.54) is 16.7 Å². The summed E-state index contributed by atoms with van der Waals surface area (Å²) in [6.45, 7) is 2.08. The molecule has 0 fully saturated rings. The fourth-order valence-electron chi connectivity index (χ4n) is 2.58. The minimum absolute atomic E-state index is 0.522. The summed E-state index contributed by atoms with van der Waals surface area (Å²) in [7, 11) is 0. The Morgan fingerprint density at radius 2 is 1.86 bits per heavy atom. The molecule has 0 heterocycles. The minimum Gasteiger partial charge on any atom is -0.364 e. The second kappa shape index (κ2) is 5.58. The van der Waals surface area contributed by atoms with Gasteiger partial charge in [-0.3, -0.25) is 0 Å². The van der Waals surface area contributed by atoms with E-state index < -0.39 is 5.66 Å². The zero-order chi connectivity index (χ0) is 14.7. The first-order chi connectivity index (χ1) is 10.1. The molecule has 3 N–H and O–H groups in total. The second-order valence-corrected chi connectivity index (χ2v) is 5.60. The number of nitrogens with one attached hydrogen (secondary N) is 1. The summed E-state index contributed by atoms with van der Waals surface area (Å²) in [5.74, 6) is 0. The van der Waals surface area contributed by atoms with Gasteiger partial charge < -0.3 is 11.1 Å². The van der Waals surface area contributed by atoms with Crippen LogP contribution in [-0.4, -0.2) is 5.66 Å². The largest absolute Gasteiger partial charge is 0.364 e. The van der Waals surface area contributed by atoms with Gasteiger partial charge in [-0.2, -0.15) is 0 Å². The van der Waals surface area contributed by atoms with Gasteiger partial charge in [0, 0.05) is 12.1 Å². The number of anilines is 1. The molecule has 0 saturated carbocycles. The van der Waals surface area contributed by atoms with Gasteiger partial charge in [-0.25, -0.2) is 0 Å². The molecule has 0 saturated heterocycles. The van der Waals surface area contributed by atoms with E-state index >= 15 is 0 Å². The molecule has 1 atom stereocenters. The van der Waals surface area contributed by atoms with Crippen LogP contribution in [0.15, 0.2) is 72.8 Å². The van der Waals surface area contributed by atoms with E-state index in [0.717, 1.165) is 12.1 Å². The summed E-state index contributed by atoms with van der Waals surface area (Å²) in [4.78, 5) is 0. The fraction of sp³-hybridized carbons (Fsp3) is 0.158. The van der Waals surface area contributed by atoms with Crippen molar-refractivity contribution >= 4 is 11.3 Å². The highest BCUT2D eigenvalue weighted by Crippen LogP contribution is 2.26. The summed E-state index contributed by atoms with van der Waals surface area (Å²) in [6, 6.07) is 18.7. The van der Waals surface area contributed by atoms with E-state index in [1.807, 2.05) is 18.2 Å². The van der Waals surface area contributed by atoms with E-state index in [0.29, 0.717) is 0 Å². The van der Waals surface area contributed by atoms with Gasteiger partial charge >= 0.3 is 0 Å². The smallest absolute Gasteiger partial charge is 0.109 e. The maximum absolute atomic E-state index is 6.44. The minimum atomic E-state index is -0.522. The maximum atomic E-state index is 6.44. The van der Waals surface area contributed by atoms with Gasteiger partial charge in [-0.05, 0) is 41.8 Å². The molecule has 2 aromatic carbocycles. The molecule has 2 aromatic rings. The van der Waals surface area contributed by atoms with Gasteiger partial charge in [-0.15, -0.1) is 0 Å². The second-order valence-electron chi connectivity index (χ2n) is 5.60. The Labute approximate surface area is 126 Å². The van der Waals surface area contributed by atoms with E-state index in [1.54, 1.807) is 0 Å². The highest BCUT2D eigenvalue weighted by Gasteiger charge is 2.23.